The molecule has 2 heterocycles. The second-order valence-corrected chi connectivity index (χ2v) is 7.46. The maximum atomic E-state index is 12.1. The first-order chi connectivity index (χ1) is 9.79. The summed E-state index contributed by atoms with van der Waals surface area (Å²) in [6.07, 6.45) is 3.84. The number of sulfonamides is 1. The van der Waals surface area contributed by atoms with Crippen molar-refractivity contribution in [1.29, 1.82) is 0 Å². The summed E-state index contributed by atoms with van der Waals surface area (Å²) >= 11 is 0. The number of aromatic nitrogens is 2. The number of amides is 1. The minimum absolute atomic E-state index is 0.168. The zero-order valence-electron chi connectivity index (χ0n) is 12.6. The van der Waals surface area contributed by atoms with Gasteiger partial charge in [-0.3, -0.25) is 4.79 Å². The third-order valence-electron chi connectivity index (χ3n) is 3.72. The largest absolute Gasteiger partial charge is 0.349 e. The minimum Gasteiger partial charge on any atom is -0.349 e. The lowest BCUT2D eigenvalue weighted by molar-refractivity contribution is 0.0934. The van der Waals surface area contributed by atoms with Crippen molar-refractivity contribution in [3.05, 3.63) is 17.2 Å². The van der Waals surface area contributed by atoms with Gasteiger partial charge >= 0.3 is 0 Å². The lowest BCUT2D eigenvalue weighted by Gasteiger charge is -2.33. The van der Waals surface area contributed by atoms with Crippen molar-refractivity contribution < 1.29 is 13.2 Å². The van der Waals surface area contributed by atoms with Crippen molar-refractivity contribution in [3.63, 3.8) is 0 Å². The summed E-state index contributed by atoms with van der Waals surface area (Å²) in [5.74, 6) is 0.420. The van der Waals surface area contributed by atoms with Crippen LogP contribution in [0.25, 0.3) is 0 Å². The Hall–Kier alpha value is -1.41. The summed E-state index contributed by atoms with van der Waals surface area (Å²) < 4.78 is 25.0. The maximum absolute atomic E-state index is 12.1. The molecule has 0 aliphatic carbocycles. The Morgan fingerprint density at radius 1 is 1.43 bits per heavy atom. The first kappa shape index (κ1) is 16.0. The fourth-order valence-corrected chi connectivity index (χ4v) is 3.92. The Morgan fingerprint density at radius 3 is 2.71 bits per heavy atom. The van der Waals surface area contributed by atoms with Crippen LogP contribution in [0.1, 0.15) is 41.3 Å². The van der Waals surface area contributed by atoms with Crippen LogP contribution < -0.4 is 5.32 Å². The second kappa shape index (κ2) is 6.15. The van der Waals surface area contributed by atoms with E-state index in [1.807, 2.05) is 0 Å². The third kappa shape index (κ3) is 3.82. The molecule has 1 saturated heterocycles. The second-order valence-electron chi connectivity index (χ2n) is 5.53. The average molecular weight is 314 g/mol. The number of hydrogen-bond acceptors (Lipinski definition) is 4. The van der Waals surface area contributed by atoms with E-state index in [0.29, 0.717) is 30.3 Å². The van der Waals surface area contributed by atoms with Crippen LogP contribution in [0.3, 0.4) is 0 Å². The summed E-state index contributed by atoms with van der Waals surface area (Å²) in [5, 5.41) is 2.80. The molecule has 1 fully saturated rings. The number of aromatic amines is 1. The van der Waals surface area contributed by atoms with E-state index in [2.05, 4.69) is 15.3 Å². The smallest absolute Gasteiger partial charge is 0.271 e. The highest BCUT2D eigenvalue weighted by atomic mass is 32.2. The Balaban J connectivity index is 2.01. The van der Waals surface area contributed by atoms with Crippen LogP contribution in [0.4, 0.5) is 0 Å². The van der Waals surface area contributed by atoms with Crippen LogP contribution in [0.15, 0.2) is 0 Å². The van der Waals surface area contributed by atoms with Gasteiger partial charge in [0.05, 0.1) is 6.26 Å². The van der Waals surface area contributed by atoms with Crippen LogP contribution in [0, 0.1) is 13.8 Å². The molecule has 8 heteroatoms. The number of aryl methyl sites for hydroxylation is 2. The summed E-state index contributed by atoms with van der Waals surface area (Å²) in [5.41, 5.74) is 1.09. The Labute approximate surface area is 125 Å². The molecular formula is C13H22N4O3S. The molecule has 0 spiro atoms. The molecule has 1 aromatic heterocycles. The summed E-state index contributed by atoms with van der Waals surface area (Å²) in [6, 6.07) is -0.168. The number of carbonyl (C=O) groups is 1. The van der Waals surface area contributed by atoms with Gasteiger partial charge in [0.15, 0.2) is 0 Å². The van der Waals surface area contributed by atoms with E-state index >= 15 is 0 Å². The van der Waals surface area contributed by atoms with Crippen LogP contribution in [-0.4, -0.2) is 54.0 Å². The quantitative estimate of drug-likeness (QED) is 0.849. The maximum Gasteiger partial charge on any atom is 0.271 e. The van der Waals surface area contributed by atoms with Gasteiger partial charge in [0.2, 0.25) is 10.0 Å². The van der Waals surface area contributed by atoms with Crippen molar-refractivity contribution in [1.82, 2.24) is 19.6 Å². The molecule has 2 N–H and O–H groups in total. The molecule has 1 aliphatic heterocycles. The molecule has 0 aromatic carbocycles. The first-order valence-corrected chi connectivity index (χ1v) is 8.92. The normalized spacial score (nSPS) is 20.4. The van der Waals surface area contributed by atoms with Gasteiger partial charge in [-0.15, -0.1) is 0 Å². The van der Waals surface area contributed by atoms with Crippen LogP contribution >= 0.6 is 0 Å². The van der Waals surface area contributed by atoms with Gasteiger partial charge in [-0.2, -0.15) is 4.31 Å². The highest BCUT2D eigenvalue weighted by Crippen LogP contribution is 2.19. The number of H-pyrrole nitrogens is 1. The fourth-order valence-electron chi connectivity index (χ4n) is 2.74. The Kier molecular flexibility index (Phi) is 4.67. The summed E-state index contributed by atoms with van der Waals surface area (Å²) in [7, 11) is -3.23. The highest BCUT2D eigenvalue weighted by Gasteiger charge is 2.29. The van der Waals surface area contributed by atoms with Gasteiger partial charge in [-0.1, -0.05) is 6.42 Å². The number of piperidine rings is 1. The van der Waals surface area contributed by atoms with Crippen molar-refractivity contribution in [2.75, 3.05) is 19.3 Å². The van der Waals surface area contributed by atoms with Gasteiger partial charge in [-0.25, -0.2) is 13.4 Å². The Morgan fingerprint density at radius 2 is 2.14 bits per heavy atom. The number of hydrogen-bond donors (Lipinski definition) is 2. The van der Waals surface area contributed by atoms with Gasteiger partial charge in [-0.05, 0) is 26.7 Å². The van der Waals surface area contributed by atoms with Gasteiger partial charge in [0, 0.05) is 24.8 Å². The zero-order chi connectivity index (χ0) is 15.6. The van der Waals surface area contributed by atoms with Crippen LogP contribution in [-0.2, 0) is 10.0 Å². The number of imidazole rings is 1. The molecule has 21 heavy (non-hydrogen) atoms. The number of nitrogens with zero attached hydrogens (tertiary/aromatic N) is 2. The zero-order valence-corrected chi connectivity index (χ0v) is 13.5. The van der Waals surface area contributed by atoms with E-state index in [-0.39, 0.29) is 11.9 Å². The van der Waals surface area contributed by atoms with E-state index in [1.54, 1.807) is 13.8 Å². The number of nitrogens with one attached hydrogen (secondary N) is 2. The van der Waals surface area contributed by atoms with Crippen molar-refractivity contribution >= 4 is 15.9 Å². The number of rotatable bonds is 4. The summed E-state index contributed by atoms with van der Waals surface area (Å²) in [4.78, 5) is 19.2. The average Bonchev–Trinajstić information content (AvgIpc) is 2.74. The SMILES string of the molecule is Cc1nc(C(=O)NCC2CCCCN2S(C)(=O)=O)c(C)[nH]1. The molecule has 1 aromatic rings. The highest BCUT2D eigenvalue weighted by molar-refractivity contribution is 7.88. The molecule has 0 saturated carbocycles. The number of carbonyl (C=O) groups excluding carboxylic acids is 1. The molecule has 1 atom stereocenters. The molecule has 2 rings (SSSR count). The van der Waals surface area contributed by atoms with Crippen molar-refractivity contribution in [2.45, 2.75) is 39.2 Å². The van der Waals surface area contributed by atoms with E-state index in [9.17, 15) is 13.2 Å². The molecule has 1 unspecified atom stereocenters. The van der Waals surface area contributed by atoms with Crippen LogP contribution in [0.5, 0.6) is 0 Å². The standard InChI is InChI=1S/C13H22N4O3S/c1-9-12(16-10(2)15-9)13(18)14-8-11-6-4-5-7-17(11)21(3,19)20/h11H,4-8H2,1-3H3,(H,14,18)(H,15,16). The van der Waals surface area contributed by atoms with Gasteiger partial charge in [0.1, 0.15) is 11.5 Å². The van der Waals surface area contributed by atoms with E-state index in [1.165, 1.54) is 10.6 Å². The van der Waals surface area contributed by atoms with Crippen molar-refractivity contribution in [3.8, 4) is 0 Å². The van der Waals surface area contributed by atoms with Gasteiger partial charge < -0.3 is 10.3 Å². The van der Waals surface area contributed by atoms with Gasteiger partial charge in [0.25, 0.3) is 5.91 Å². The van der Waals surface area contributed by atoms with E-state index < -0.39 is 10.0 Å². The molecule has 0 radical (unpaired) electrons. The Bertz CT molecular complexity index is 623. The predicted molar refractivity (Wildman–Crippen MR) is 79.6 cm³/mol. The lowest BCUT2D eigenvalue weighted by atomic mass is 10.1. The molecule has 1 amide bonds. The summed E-state index contributed by atoms with van der Waals surface area (Å²) in [6.45, 7) is 4.42. The molecular weight excluding hydrogens is 292 g/mol. The molecule has 7 nitrogen and oxygen atoms in total. The third-order valence-corrected chi connectivity index (χ3v) is 5.05. The van der Waals surface area contributed by atoms with Crippen molar-refractivity contribution in [2.24, 2.45) is 0 Å². The minimum atomic E-state index is -3.23. The molecule has 0 bridgehead atoms. The molecule has 1 aliphatic rings. The van der Waals surface area contributed by atoms with E-state index in [0.717, 1.165) is 19.3 Å². The predicted octanol–water partition coefficient (Wildman–Crippen LogP) is 0.570. The fraction of sp³-hybridized carbons (Fsp3) is 0.692. The topological polar surface area (TPSA) is 95.2 Å². The lowest BCUT2D eigenvalue weighted by Crippen LogP contribution is -2.49. The van der Waals surface area contributed by atoms with Crippen LogP contribution in [0.2, 0.25) is 0 Å². The molecule has 118 valence electrons. The first-order valence-electron chi connectivity index (χ1n) is 7.07. The monoisotopic (exact) mass is 314 g/mol. The van der Waals surface area contributed by atoms with E-state index in [4.69, 9.17) is 0 Å².